The summed E-state index contributed by atoms with van der Waals surface area (Å²) in [7, 11) is 2.23. The molecule has 2 nitrogen and oxygen atoms in total. The lowest BCUT2D eigenvalue weighted by molar-refractivity contribution is 0.258. The van der Waals surface area contributed by atoms with Crippen LogP contribution in [-0.4, -0.2) is 23.5 Å². The van der Waals surface area contributed by atoms with Crippen molar-refractivity contribution in [1.29, 1.82) is 0 Å². The standard InChI is InChI=1S/C14H32O2Si/c1-5-7-9-10-11-13-14(12-8-6-2)17(15-3)16-4/h14,17H,5-13H2,1-4H3. The van der Waals surface area contributed by atoms with Crippen molar-refractivity contribution in [1.82, 2.24) is 0 Å². The Morgan fingerprint density at radius 2 is 1.29 bits per heavy atom. The Balaban J connectivity index is 3.83. The van der Waals surface area contributed by atoms with Crippen molar-refractivity contribution in [3.05, 3.63) is 0 Å². The molecular weight excluding hydrogens is 228 g/mol. The zero-order chi connectivity index (χ0) is 12.9. The summed E-state index contributed by atoms with van der Waals surface area (Å²) in [4.78, 5) is 0. The van der Waals surface area contributed by atoms with Crippen molar-refractivity contribution in [2.24, 2.45) is 0 Å². The molecule has 0 N–H and O–H groups in total. The molecule has 3 heteroatoms. The van der Waals surface area contributed by atoms with Crippen LogP contribution in [0.3, 0.4) is 0 Å². The smallest absolute Gasteiger partial charge is 0.324 e. The van der Waals surface area contributed by atoms with Crippen molar-refractivity contribution in [3.63, 3.8) is 0 Å². The summed E-state index contributed by atoms with van der Waals surface area (Å²) in [5, 5.41) is 0. The van der Waals surface area contributed by atoms with Gasteiger partial charge in [0.2, 0.25) is 0 Å². The van der Waals surface area contributed by atoms with Crippen LogP contribution in [0.5, 0.6) is 0 Å². The average Bonchev–Trinajstić information content (AvgIpc) is 2.36. The van der Waals surface area contributed by atoms with E-state index in [1.807, 2.05) is 14.2 Å². The van der Waals surface area contributed by atoms with Gasteiger partial charge in [-0.15, -0.1) is 0 Å². The first-order chi connectivity index (χ1) is 8.29. The van der Waals surface area contributed by atoms with Crippen LogP contribution in [0, 0.1) is 0 Å². The first kappa shape index (κ1) is 17.1. The normalized spacial score (nSPS) is 13.2. The maximum absolute atomic E-state index is 5.55. The Morgan fingerprint density at radius 1 is 0.765 bits per heavy atom. The minimum atomic E-state index is -1.40. The molecule has 104 valence electrons. The Labute approximate surface area is 110 Å². The van der Waals surface area contributed by atoms with E-state index < -0.39 is 9.28 Å². The Kier molecular flexibility index (Phi) is 12.7. The summed E-state index contributed by atoms with van der Waals surface area (Å²) in [6.45, 7) is 4.53. The van der Waals surface area contributed by atoms with Crippen molar-refractivity contribution in [2.45, 2.75) is 77.2 Å². The molecule has 0 amide bonds. The van der Waals surface area contributed by atoms with E-state index in [1.165, 1.54) is 57.8 Å². The molecule has 0 saturated carbocycles. The third kappa shape index (κ3) is 8.81. The molecule has 0 aromatic carbocycles. The van der Waals surface area contributed by atoms with Crippen LogP contribution in [0.15, 0.2) is 0 Å². The zero-order valence-corrected chi connectivity index (χ0v) is 13.5. The minimum absolute atomic E-state index is 0.714. The molecule has 17 heavy (non-hydrogen) atoms. The average molecular weight is 260 g/mol. The van der Waals surface area contributed by atoms with Gasteiger partial charge in [-0.1, -0.05) is 58.8 Å². The van der Waals surface area contributed by atoms with Crippen molar-refractivity contribution < 1.29 is 8.85 Å². The third-order valence-electron chi connectivity index (χ3n) is 3.46. The van der Waals surface area contributed by atoms with Crippen LogP contribution in [-0.2, 0) is 8.85 Å². The molecule has 0 aliphatic heterocycles. The predicted molar refractivity (Wildman–Crippen MR) is 77.8 cm³/mol. The maximum Gasteiger partial charge on any atom is 0.324 e. The number of unbranched alkanes of at least 4 members (excludes halogenated alkanes) is 5. The summed E-state index contributed by atoms with van der Waals surface area (Å²) >= 11 is 0. The highest BCUT2D eigenvalue weighted by atomic mass is 28.3. The summed E-state index contributed by atoms with van der Waals surface area (Å²) in [5.41, 5.74) is 0.714. The topological polar surface area (TPSA) is 18.5 Å². The molecule has 0 saturated heterocycles. The van der Waals surface area contributed by atoms with Crippen LogP contribution < -0.4 is 0 Å². The summed E-state index contributed by atoms with van der Waals surface area (Å²) in [6.07, 6.45) is 12.0. The van der Waals surface area contributed by atoms with Crippen LogP contribution in [0.2, 0.25) is 5.54 Å². The van der Waals surface area contributed by atoms with Gasteiger partial charge in [0.25, 0.3) is 0 Å². The monoisotopic (exact) mass is 260 g/mol. The Bertz CT molecular complexity index is 149. The molecule has 0 radical (unpaired) electrons. The minimum Gasteiger partial charge on any atom is -0.400 e. The summed E-state index contributed by atoms with van der Waals surface area (Å²) < 4.78 is 11.1. The molecule has 0 bridgehead atoms. The van der Waals surface area contributed by atoms with E-state index in [9.17, 15) is 0 Å². The Hall–Kier alpha value is 0.137. The molecule has 0 heterocycles. The van der Waals surface area contributed by atoms with Gasteiger partial charge < -0.3 is 8.85 Å². The van der Waals surface area contributed by atoms with Crippen molar-refractivity contribution >= 4 is 9.28 Å². The highest BCUT2D eigenvalue weighted by Gasteiger charge is 2.23. The molecule has 1 unspecified atom stereocenters. The van der Waals surface area contributed by atoms with Gasteiger partial charge in [0.1, 0.15) is 0 Å². The van der Waals surface area contributed by atoms with Crippen LogP contribution in [0.25, 0.3) is 0 Å². The lowest BCUT2D eigenvalue weighted by Crippen LogP contribution is -2.26. The highest BCUT2D eigenvalue weighted by Crippen LogP contribution is 2.26. The summed E-state index contributed by atoms with van der Waals surface area (Å²) in [5.74, 6) is 0. The van der Waals surface area contributed by atoms with Gasteiger partial charge in [-0.05, 0) is 18.4 Å². The molecule has 0 aliphatic carbocycles. The lowest BCUT2D eigenvalue weighted by Gasteiger charge is -2.22. The van der Waals surface area contributed by atoms with E-state index in [0.717, 1.165) is 0 Å². The highest BCUT2D eigenvalue weighted by molar-refractivity contribution is 6.46. The number of hydrogen-bond acceptors (Lipinski definition) is 2. The van der Waals surface area contributed by atoms with E-state index >= 15 is 0 Å². The van der Waals surface area contributed by atoms with Crippen molar-refractivity contribution in [2.75, 3.05) is 14.2 Å². The second-order valence-electron chi connectivity index (χ2n) is 4.94. The maximum atomic E-state index is 5.55. The Morgan fingerprint density at radius 3 is 1.82 bits per heavy atom. The zero-order valence-electron chi connectivity index (χ0n) is 12.3. The fraction of sp³-hybridized carbons (Fsp3) is 1.00. The quantitative estimate of drug-likeness (QED) is 0.382. The predicted octanol–water partition coefficient (Wildman–Crippen LogP) is 4.42. The second kappa shape index (κ2) is 12.6. The number of hydrogen-bond donors (Lipinski definition) is 0. The van der Waals surface area contributed by atoms with E-state index in [-0.39, 0.29) is 0 Å². The fourth-order valence-electron chi connectivity index (χ4n) is 2.37. The van der Waals surface area contributed by atoms with Gasteiger partial charge in [-0.25, -0.2) is 0 Å². The summed E-state index contributed by atoms with van der Waals surface area (Å²) in [6, 6.07) is 0. The van der Waals surface area contributed by atoms with Gasteiger partial charge in [0, 0.05) is 14.2 Å². The lowest BCUT2D eigenvalue weighted by atomic mass is 10.1. The van der Waals surface area contributed by atoms with Gasteiger partial charge in [-0.2, -0.15) is 0 Å². The first-order valence-corrected chi connectivity index (χ1v) is 8.96. The van der Waals surface area contributed by atoms with Gasteiger partial charge in [-0.3, -0.25) is 0 Å². The molecular formula is C14H32O2Si. The first-order valence-electron chi connectivity index (χ1n) is 7.35. The van der Waals surface area contributed by atoms with Crippen LogP contribution >= 0.6 is 0 Å². The van der Waals surface area contributed by atoms with E-state index in [4.69, 9.17) is 8.85 Å². The molecule has 0 aromatic rings. The molecule has 0 rings (SSSR count). The molecule has 0 aliphatic rings. The van der Waals surface area contributed by atoms with E-state index in [2.05, 4.69) is 13.8 Å². The molecule has 0 aromatic heterocycles. The van der Waals surface area contributed by atoms with Crippen molar-refractivity contribution in [3.8, 4) is 0 Å². The number of rotatable bonds is 12. The van der Waals surface area contributed by atoms with E-state index in [1.54, 1.807) is 0 Å². The third-order valence-corrected chi connectivity index (χ3v) is 5.82. The van der Waals surface area contributed by atoms with Gasteiger partial charge in [0.15, 0.2) is 0 Å². The van der Waals surface area contributed by atoms with Crippen LogP contribution in [0.4, 0.5) is 0 Å². The molecule has 1 atom stereocenters. The van der Waals surface area contributed by atoms with Gasteiger partial charge in [0.05, 0.1) is 0 Å². The van der Waals surface area contributed by atoms with E-state index in [0.29, 0.717) is 5.54 Å². The van der Waals surface area contributed by atoms with Gasteiger partial charge >= 0.3 is 9.28 Å². The fourth-order valence-corrected chi connectivity index (χ4v) is 4.35. The molecule has 0 spiro atoms. The largest absolute Gasteiger partial charge is 0.400 e. The SMILES string of the molecule is CCCCCCCC(CCCC)[SiH](OC)OC. The molecule has 0 fully saturated rings. The second-order valence-corrected chi connectivity index (χ2v) is 7.57. The van der Waals surface area contributed by atoms with Crippen LogP contribution in [0.1, 0.15) is 71.6 Å².